The number of aryl methyl sites for hydroxylation is 1. The minimum atomic E-state index is -0.451. The van der Waals surface area contributed by atoms with Gasteiger partial charge in [0.2, 0.25) is 0 Å². The molecular weight excluding hydrogens is 328 g/mol. The molecule has 0 aliphatic heterocycles. The van der Waals surface area contributed by atoms with E-state index in [1.165, 1.54) is 12.2 Å². The van der Waals surface area contributed by atoms with E-state index in [0.717, 1.165) is 16.9 Å². The number of rotatable bonds is 4. The number of nitrogens with one attached hydrogen (secondary N) is 2. The SMILES string of the molecule is Cc1ccc(/C=C/C(=O)NNC(=O)c2ccc(-c3ccccc3)cc2)o1. The Balaban J connectivity index is 1.54. The van der Waals surface area contributed by atoms with Gasteiger partial charge in [0, 0.05) is 11.6 Å². The summed E-state index contributed by atoms with van der Waals surface area (Å²) in [5.74, 6) is 0.492. The molecule has 1 aromatic heterocycles. The van der Waals surface area contributed by atoms with E-state index in [0.29, 0.717) is 11.3 Å². The van der Waals surface area contributed by atoms with Crippen LogP contribution in [0.15, 0.2) is 77.2 Å². The van der Waals surface area contributed by atoms with Gasteiger partial charge in [0.25, 0.3) is 11.8 Å². The smallest absolute Gasteiger partial charge is 0.269 e. The number of hydrogen-bond acceptors (Lipinski definition) is 3. The van der Waals surface area contributed by atoms with E-state index in [4.69, 9.17) is 4.42 Å². The number of amides is 2. The highest BCUT2D eigenvalue weighted by Crippen LogP contribution is 2.19. The highest BCUT2D eigenvalue weighted by molar-refractivity contribution is 5.98. The lowest BCUT2D eigenvalue weighted by atomic mass is 10.0. The minimum absolute atomic E-state index is 0.389. The molecule has 2 aromatic carbocycles. The summed E-state index contributed by atoms with van der Waals surface area (Å²) >= 11 is 0. The van der Waals surface area contributed by atoms with E-state index >= 15 is 0 Å². The summed E-state index contributed by atoms with van der Waals surface area (Å²) in [6, 6.07) is 20.6. The lowest BCUT2D eigenvalue weighted by Gasteiger charge is -2.06. The third kappa shape index (κ3) is 4.48. The van der Waals surface area contributed by atoms with E-state index in [-0.39, 0.29) is 5.91 Å². The summed E-state index contributed by atoms with van der Waals surface area (Å²) in [6.07, 6.45) is 2.82. The maximum absolute atomic E-state index is 12.1. The summed E-state index contributed by atoms with van der Waals surface area (Å²) < 4.78 is 5.32. The predicted octanol–water partition coefficient (Wildman–Crippen LogP) is 3.73. The van der Waals surface area contributed by atoms with Crippen LogP contribution in [0.5, 0.6) is 0 Å². The van der Waals surface area contributed by atoms with Crippen LogP contribution in [0.1, 0.15) is 21.9 Å². The van der Waals surface area contributed by atoms with Crippen molar-refractivity contribution in [2.24, 2.45) is 0 Å². The number of carbonyl (C=O) groups excluding carboxylic acids is 2. The maximum Gasteiger partial charge on any atom is 0.269 e. The molecule has 2 N–H and O–H groups in total. The van der Waals surface area contributed by atoms with Gasteiger partial charge in [0.15, 0.2) is 0 Å². The summed E-state index contributed by atoms with van der Waals surface area (Å²) in [5, 5.41) is 0. The van der Waals surface area contributed by atoms with Crippen molar-refractivity contribution in [2.75, 3.05) is 0 Å². The van der Waals surface area contributed by atoms with Crippen LogP contribution < -0.4 is 10.9 Å². The molecule has 0 fully saturated rings. The average molecular weight is 346 g/mol. The molecular formula is C21H18N2O3. The largest absolute Gasteiger partial charge is 0.462 e. The van der Waals surface area contributed by atoms with Crippen molar-refractivity contribution >= 4 is 17.9 Å². The van der Waals surface area contributed by atoms with Crippen LogP contribution in [0, 0.1) is 6.92 Å². The Hall–Kier alpha value is -3.60. The van der Waals surface area contributed by atoms with Gasteiger partial charge in [-0.25, -0.2) is 0 Å². The molecule has 1 heterocycles. The molecule has 130 valence electrons. The Morgan fingerprint density at radius 1 is 0.846 bits per heavy atom. The molecule has 0 unspecified atom stereocenters. The van der Waals surface area contributed by atoms with E-state index in [9.17, 15) is 9.59 Å². The fraction of sp³-hybridized carbons (Fsp3) is 0.0476. The standard InChI is InChI=1S/C21H18N2O3/c1-15-7-12-19(26-15)13-14-20(24)22-23-21(25)18-10-8-17(9-11-18)16-5-3-2-4-6-16/h2-14H,1H3,(H,22,24)(H,23,25)/b14-13+. The lowest BCUT2D eigenvalue weighted by molar-refractivity contribution is -0.117. The number of hydrogen-bond donors (Lipinski definition) is 2. The first-order valence-electron chi connectivity index (χ1n) is 8.12. The van der Waals surface area contributed by atoms with Gasteiger partial charge < -0.3 is 4.42 Å². The second kappa shape index (κ2) is 7.98. The molecule has 2 amide bonds. The van der Waals surface area contributed by atoms with Crippen molar-refractivity contribution in [3.05, 3.63) is 89.9 Å². The highest BCUT2D eigenvalue weighted by Gasteiger charge is 2.06. The van der Waals surface area contributed by atoms with E-state index < -0.39 is 5.91 Å². The third-order valence-corrected chi connectivity index (χ3v) is 3.71. The van der Waals surface area contributed by atoms with Crippen LogP contribution in [0.25, 0.3) is 17.2 Å². The Kier molecular flexibility index (Phi) is 5.29. The highest BCUT2D eigenvalue weighted by atomic mass is 16.3. The molecule has 0 radical (unpaired) electrons. The van der Waals surface area contributed by atoms with Crippen molar-refractivity contribution in [1.29, 1.82) is 0 Å². The Morgan fingerprint density at radius 3 is 2.19 bits per heavy atom. The Bertz CT molecular complexity index is 925. The van der Waals surface area contributed by atoms with Crippen LogP contribution >= 0.6 is 0 Å². The molecule has 5 heteroatoms. The van der Waals surface area contributed by atoms with Crippen LogP contribution in [0.2, 0.25) is 0 Å². The fourth-order valence-electron chi connectivity index (χ4n) is 2.38. The van der Waals surface area contributed by atoms with Crippen molar-refractivity contribution < 1.29 is 14.0 Å². The summed E-state index contributed by atoms with van der Waals surface area (Å²) in [7, 11) is 0. The first-order chi connectivity index (χ1) is 12.6. The zero-order valence-corrected chi connectivity index (χ0v) is 14.2. The van der Waals surface area contributed by atoms with Gasteiger partial charge in [0.1, 0.15) is 11.5 Å². The molecule has 3 rings (SSSR count). The molecule has 3 aromatic rings. The van der Waals surface area contributed by atoms with Gasteiger partial charge in [-0.15, -0.1) is 0 Å². The van der Waals surface area contributed by atoms with Crippen molar-refractivity contribution in [3.8, 4) is 11.1 Å². The van der Waals surface area contributed by atoms with Gasteiger partial charge in [-0.05, 0) is 48.4 Å². The van der Waals surface area contributed by atoms with Crippen molar-refractivity contribution in [3.63, 3.8) is 0 Å². The third-order valence-electron chi connectivity index (χ3n) is 3.71. The number of carbonyl (C=O) groups is 2. The number of hydrazine groups is 1. The van der Waals surface area contributed by atoms with Crippen molar-refractivity contribution in [2.45, 2.75) is 6.92 Å². The van der Waals surface area contributed by atoms with E-state index in [2.05, 4.69) is 10.9 Å². The average Bonchev–Trinajstić information content (AvgIpc) is 3.10. The van der Waals surface area contributed by atoms with Gasteiger partial charge in [-0.2, -0.15) is 0 Å². The Morgan fingerprint density at radius 2 is 1.54 bits per heavy atom. The fourth-order valence-corrected chi connectivity index (χ4v) is 2.38. The van der Waals surface area contributed by atoms with Gasteiger partial charge >= 0.3 is 0 Å². The summed E-state index contributed by atoms with van der Waals surface area (Å²) in [6.45, 7) is 1.82. The second-order valence-electron chi connectivity index (χ2n) is 5.67. The van der Waals surface area contributed by atoms with Crippen LogP contribution in [0.3, 0.4) is 0 Å². The maximum atomic E-state index is 12.1. The molecule has 0 atom stereocenters. The van der Waals surface area contributed by atoms with Crippen LogP contribution in [-0.4, -0.2) is 11.8 Å². The monoisotopic (exact) mass is 346 g/mol. The summed E-state index contributed by atoms with van der Waals surface area (Å²) in [4.78, 5) is 23.8. The zero-order chi connectivity index (χ0) is 18.4. The number of furan rings is 1. The van der Waals surface area contributed by atoms with Gasteiger partial charge in [0.05, 0.1) is 0 Å². The van der Waals surface area contributed by atoms with Crippen molar-refractivity contribution in [1.82, 2.24) is 10.9 Å². The molecule has 0 aliphatic carbocycles. The van der Waals surface area contributed by atoms with E-state index in [1.807, 2.05) is 49.4 Å². The predicted molar refractivity (Wildman–Crippen MR) is 100.0 cm³/mol. The minimum Gasteiger partial charge on any atom is -0.462 e. The molecule has 26 heavy (non-hydrogen) atoms. The molecule has 0 bridgehead atoms. The van der Waals surface area contributed by atoms with Gasteiger partial charge in [-0.1, -0.05) is 42.5 Å². The Labute approximate surface area is 151 Å². The lowest BCUT2D eigenvalue weighted by Crippen LogP contribution is -2.40. The molecule has 0 aliphatic rings. The quantitative estimate of drug-likeness (QED) is 0.558. The summed E-state index contributed by atoms with van der Waals surface area (Å²) in [5.41, 5.74) is 7.26. The topological polar surface area (TPSA) is 71.3 Å². The molecule has 0 saturated heterocycles. The van der Waals surface area contributed by atoms with Gasteiger partial charge in [-0.3, -0.25) is 20.4 Å². The molecule has 5 nitrogen and oxygen atoms in total. The number of benzene rings is 2. The first-order valence-corrected chi connectivity index (χ1v) is 8.12. The molecule has 0 saturated carbocycles. The van der Waals surface area contributed by atoms with E-state index in [1.54, 1.807) is 24.3 Å². The first kappa shape index (κ1) is 17.2. The normalized spacial score (nSPS) is 10.7. The van der Waals surface area contributed by atoms with Crippen LogP contribution in [-0.2, 0) is 4.79 Å². The zero-order valence-electron chi connectivity index (χ0n) is 14.2. The van der Waals surface area contributed by atoms with Crippen LogP contribution in [0.4, 0.5) is 0 Å². The molecule has 0 spiro atoms. The second-order valence-corrected chi connectivity index (χ2v) is 5.67.